The molecular weight excluding hydrogens is 186 g/mol. The third-order valence-corrected chi connectivity index (χ3v) is 2.49. The Labute approximate surface area is 74.7 Å². The lowest BCUT2D eigenvalue weighted by molar-refractivity contribution is -0.225. The predicted molar refractivity (Wildman–Crippen MR) is 41.2 cm³/mol. The van der Waals surface area contributed by atoms with Gasteiger partial charge in [-0.3, -0.25) is 4.90 Å². The van der Waals surface area contributed by atoms with Crippen LogP contribution in [0.4, 0.5) is 17.6 Å². The van der Waals surface area contributed by atoms with Crippen molar-refractivity contribution in [3.63, 3.8) is 0 Å². The third kappa shape index (κ3) is 1.95. The highest BCUT2D eigenvalue weighted by Gasteiger charge is 2.59. The van der Waals surface area contributed by atoms with Crippen LogP contribution in [0.2, 0.25) is 0 Å². The lowest BCUT2D eigenvalue weighted by Crippen LogP contribution is -2.44. The van der Waals surface area contributed by atoms with Crippen molar-refractivity contribution in [2.24, 2.45) is 0 Å². The summed E-state index contributed by atoms with van der Waals surface area (Å²) in [7, 11) is 0. The smallest absolute Gasteiger partial charge is 0.297 e. The summed E-state index contributed by atoms with van der Waals surface area (Å²) in [4.78, 5) is 1.51. The zero-order valence-electron chi connectivity index (χ0n) is 7.66. The Morgan fingerprint density at radius 1 is 1.31 bits per heavy atom. The predicted octanol–water partition coefficient (Wildman–Crippen LogP) is 2.37. The molecule has 0 saturated carbocycles. The van der Waals surface area contributed by atoms with E-state index in [0.29, 0.717) is 0 Å². The number of hydrogen-bond donors (Lipinski definition) is 0. The van der Waals surface area contributed by atoms with Crippen molar-refractivity contribution in [3.8, 4) is 0 Å². The Bertz CT molecular complexity index is 189. The first-order valence-electron chi connectivity index (χ1n) is 4.26. The molecule has 5 heteroatoms. The van der Waals surface area contributed by atoms with Gasteiger partial charge in [0.15, 0.2) is 0 Å². The molecule has 1 atom stereocenters. The van der Waals surface area contributed by atoms with Gasteiger partial charge >= 0.3 is 6.18 Å². The zero-order chi connectivity index (χ0) is 10.3. The van der Waals surface area contributed by atoms with Gasteiger partial charge in [0.25, 0.3) is 0 Å². The summed E-state index contributed by atoms with van der Waals surface area (Å²) in [5.41, 5.74) is -2.99. The van der Waals surface area contributed by atoms with Gasteiger partial charge in [0.2, 0.25) is 5.67 Å². The van der Waals surface area contributed by atoms with E-state index in [1.54, 1.807) is 13.8 Å². The molecule has 1 fully saturated rings. The maximum Gasteiger partial charge on any atom is 0.423 e. The van der Waals surface area contributed by atoms with Crippen molar-refractivity contribution in [2.75, 3.05) is 13.1 Å². The van der Waals surface area contributed by atoms with Gasteiger partial charge in [-0.15, -0.1) is 0 Å². The minimum atomic E-state index is -4.73. The molecule has 1 saturated heterocycles. The average Bonchev–Trinajstić information content (AvgIpc) is 2.31. The van der Waals surface area contributed by atoms with Gasteiger partial charge in [-0.2, -0.15) is 13.2 Å². The van der Waals surface area contributed by atoms with Crippen molar-refractivity contribution in [3.05, 3.63) is 0 Å². The second kappa shape index (κ2) is 3.12. The first-order chi connectivity index (χ1) is 5.76. The van der Waals surface area contributed by atoms with E-state index in [1.807, 2.05) is 0 Å². The number of halogens is 4. The summed E-state index contributed by atoms with van der Waals surface area (Å²) in [5, 5.41) is 0. The SMILES string of the molecule is CC(C)N1CCC(F)(C(F)(F)F)C1. The summed E-state index contributed by atoms with van der Waals surface area (Å²) in [5.74, 6) is 0. The van der Waals surface area contributed by atoms with E-state index in [4.69, 9.17) is 0 Å². The maximum atomic E-state index is 13.3. The van der Waals surface area contributed by atoms with Crippen LogP contribution in [0.5, 0.6) is 0 Å². The van der Waals surface area contributed by atoms with Gasteiger partial charge in [-0.1, -0.05) is 0 Å². The van der Waals surface area contributed by atoms with Gasteiger partial charge in [0.1, 0.15) is 0 Å². The van der Waals surface area contributed by atoms with Crippen molar-refractivity contribution in [1.82, 2.24) is 4.90 Å². The van der Waals surface area contributed by atoms with E-state index in [2.05, 4.69) is 0 Å². The molecule has 0 spiro atoms. The molecule has 1 aliphatic rings. The molecule has 1 heterocycles. The average molecular weight is 199 g/mol. The van der Waals surface area contributed by atoms with Crippen LogP contribution in [-0.2, 0) is 0 Å². The largest absolute Gasteiger partial charge is 0.423 e. The highest BCUT2D eigenvalue weighted by Crippen LogP contribution is 2.41. The van der Waals surface area contributed by atoms with Crippen LogP contribution in [0.25, 0.3) is 0 Å². The number of rotatable bonds is 1. The zero-order valence-corrected chi connectivity index (χ0v) is 7.66. The number of likely N-dealkylation sites (tertiary alicyclic amines) is 1. The minimum Gasteiger partial charge on any atom is -0.297 e. The maximum absolute atomic E-state index is 13.3. The lowest BCUT2D eigenvalue weighted by atomic mass is 10.1. The minimum absolute atomic E-state index is 0.0278. The van der Waals surface area contributed by atoms with Crippen LogP contribution in [0.15, 0.2) is 0 Å². The van der Waals surface area contributed by atoms with Crippen molar-refractivity contribution in [1.29, 1.82) is 0 Å². The van der Waals surface area contributed by atoms with Crippen LogP contribution < -0.4 is 0 Å². The normalized spacial score (nSPS) is 31.6. The fourth-order valence-corrected chi connectivity index (χ4v) is 1.47. The van der Waals surface area contributed by atoms with E-state index in [0.717, 1.165) is 0 Å². The summed E-state index contributed by atoms with van der Waals surface area (Å²) >= 11 is 0. The highest BCUT2D eigenvalue weighted by atomic mass is 19.4. The standard InChI is InChI=1S/C8H13F4N/c1-6(2)13-4-3-7(9,5-13)8(10,11)12/h6H,3-5H2,1-2H3. The fraction of sp³-hybridized carbons (Fsp3) is 1.00. The molecule has 0 aliphatic carbocycles. The molecule has 0 bridgehead atoms. The molecular formula is C8H13F4N. The molecule has 1 unspecified atom stereocenters. The van der Waals surface area contributed by atoms with E-state index in [1.165, 1.54) is 4.90 Å². The Hall–Kier alpha value is -0.320. The van der Waals surface area contributed by atoms with Crippen LogP contribution in [0.1, 0.15) is 20.3 Å². The molecule has 0 radical (unpaired) electrons. The highest BCUT2D eigenvalue weighted by molar-refractivity contribution is 4.97. The van der Waals surface area contributed by atoms with Crippen LogP contribution >= 0.6 is 0 Å². The number of nitrogens with zero attached hydrogens (tertiary/aromatic N) is 1. The second-order valence-electron chi connectivity index (χ2n) is 3.78. The molecule has 13 heavy (non-hydrogen) atoms. The summed E-state index contributed by atoms with van der Waals surface area (Å²) in [6.07, 6.45) is -5.16. The molecule has 0 aromatic carbocycles. The molecule has 0 aromatic rings. The molecule has 1 rings (SSSR count). The third-order valence-electron chi connectivity index (χ3n) is 2.49. The summed E-state index contributed by atoms with van der Waals surface area (Å²) in [6, 6.07) is -0.0278. The van der Waals surface area contributed by atoms with E-state index >= 15 is 0 Å². The Kier molecular flexibility index (Phi) is 2.58. The van der Waals surface area contributed by atoms with Gasteiger partial charge in [0, 0.05) is 25.6 Å². The van der Waals surface area contributed by atoms with Gasteiger partial charge in [0.05, 0.1) is 0 Å². The first kappa shape index (κ1) is 10.8. The Morgan fingerprint density at radius 2 is 1.85 bits per heavy atom. The topological polar surface area (TPSA) is 3.24 Å². The van der Waals surface area contributed by atoms with Crippen molar-refractivity contribution >= 4 is 0 Å². The van der Waals surface area contributed by atoms with E-state index in [9.17, 15) is 17.6 Å². The summed E-state index contributed by atoms with van der Waals surface area (Å²) < 4.78 is 49.8. The number of hydrogen-bond acceptors (Lipinski definition) is 1. The molecule has 1 aliphatic heterocycles. The van der Waals surface area contributed by atoms with Crippen LogP contribution in [0.3, 0.4) is 0 Å². The van der Waals surface area contributed by atoms with Crippen molar-refractivity contribution < 1.29 is 17.6 Å². The Morgan fingerprint density at radius 3 is 2.08 bits per heavy atom. The monoisotopic (exact) mass is 199 g/mol. The van der Waals surface area contributed by atoms with Crippen LogP contribution in [0, 0.1) is 0 Å². The van der Waals surface area contributed by atoms with Crippen LogP contribution in [-0.4, -0.2) is 35.9 Å². The van der Waals surface area contributed by atoms with Gasteiger partial charge in [-0.25, -0.2) is 4.39 Å². The van der Waals surface area contributed by atoms with E-state index < -0.39 is 24.8 Å². The molecule has 1 nitrogen and oxygen atoms in total. The first-order valence-corrected chi connectivity index (χ1v) is 4.26. The number of alkyl halides is 4. The van der Waals surface area contributed by atoms with Gasteiger partial charge < -0.3 is 0 Å². The second-order valence-corrected chi connectivity index (χ2v) is 3.78. The molecule has 0 amide bonds. The lowest BCUT2D eigenvalue weighted by Gasteiger charge is -2.25. The van der Waals surface area contributed by atoms with Gasteiger partial charge in [-0.05, 0) is 13.8 Å². The molecule has 0 aromatic heterocycles. The Balaban J connectivity index is 2.67. The van der Waals surface area contributed by atoms with Crippen molar-refractivity contribution in [2.45, 2.75) is 38.2 Å². The fourth-order valence-electron chi connectivity index (χ4n) is 1.47. The quantitative estimate of drug-likeness (QED) is 0.586. The van der Waals surface area contributed by atoms with E-state index in [-0.39, 0.29) is 12.6 Å². The molecule has 0 N–H and O–H groups in total. The summed E-state index contributed by atoms with van der Waals surface area (Å²) in [6.45, 7) is 3.20. The molecule has 78 valence electrons.